The van der Waals surface area contributed by atoms with Gasteiger partial charge >= 0.3 is 0 Å². The third-order valence-electron chi connectivity index (χ3n) is 2.49. The van der Waals surface area contributed by atoms with E-state index in [2.05, 4.69) is 17.6 Å². The zero-order valence-electron chi connectivity index (χ0n) is 8.09. The zero-order chi connectivity index (χ0) is 9.26. The molecule has 0 saturated heterocycles. The number of rotatable bonds is 2. The van der Waals surface area contributed by atoms with Crippen LogP contribution in [0.1, 0.15) is 22.1 Å². The van der Waals surface area contributed by atoms with E-state index in [0.717, 1.165) is 19.6 Å². The molecule has 0 amide bonds. The van der Waals surface area contributed by atoms with Crippen molar-refractivity contribution >= 4 is 11.3 Å². The Kier molecular flexibility index (Phi) is 2.67. The molecule has 0 unspecified atom stereocenters. The minimum absolute atomic E-state index is 0.285. The van der Waals surface area contributed by atoms with E-state index in [1.807, 2.05) is 18.4 Å². The van der Waals surface area contributed by atoms with Crippen molar-refractivity contribution in [3.63, 3.8) is 0 Å². The number of thiophene rings is 1. The fourth-order valence-electron chi connectivity index (χ4n) is 1.80. The molecule has 0 bridgehead atoms. The highest BCUT2D eigenvalue weighted by molar-refractivity contribution is 7.10. The lowest BCUT2D eigenvalue weighted by atomic mass is 10.0. The van der Waals surface area contributed by atoms with Gasteiger partial charge in [0.15, 0.2) is 0 Å². The Morgan fingerprint density at radius 3 is 3.31 bits per heavy atom. The first-order valence-corrected chi connectivity index (χ1v) is 5.54. The summed E-state index contributed by atoms with van der Waals surface area (Å²) < 4.78 is 5.71. The molecule has 1 N–H and O–H groups in total. The minimum atomic E-state index is 0.285. The van der Waals surface area contributed by atoms with Gasteiger partial charge in [-0.3, -0.25) is 0 Å². The van der Waals surface area contributed by atoms with Crippen LogP contribution in [0.5, 0.6) is 0 Å². The summed E-state index contributed by atoms with van der Waals surface area (Å²) in [7, 11) is 1.97. The lowest BCUT2D eigenvalue weighted by Gasteiger charge is -2.23. The van der Waals surface area contributed by atoms with Crippen LogP contribution in [-0.4, -0.2) is 20.2 Å². The van der Waals surface area contributed by atoms with Crippen molar-refractivity contribution in [1.82, 2.24) is 5.32 Å². The Morgan fingerprint density at radius 2 is 2.54 bits per heavy atom. The molecule has 72 valence electrons. The van der Waals surface area contributed by atoms with Crippen molar-refractivity contribution in [1.29, 1.82) is 0 Å². The molecule has 0 spiro atoms. The topological polar surface area (TPSA) is 21.3 Å². The van der Waals surface area contributed by atoms with Crippen molar-refractivity contribution < 1.29 is 4.74 Å². The highest BCUT2D eigenvalue weighted by Gasteiger charge is 2.22. The quantitative estimate of drug-likeness (QED) is 0.781. The average Bonchev–Trinajstić information content (AvgIpc) is 2.50. The highest BCUT2D eigenvalue weighted by atomic mass is 32.1. The normalized spacial score (nSPS) is 21.5. The molecule has 2 rings (SSSR count). The molecule has 2 nitrogen and oxygen atoms in total. The first kappa shape index (κ1) is 9.19. The smallest absolute Gasteiger partial charge is 0.104 e. The number of hydrogen-bond donors (Lipinski definition) is 1. The molecule has 1 aliphatic rings. The summed E-state index contributed by atoms with van der Waals surface area (Å²) in [6, 6.07) is 0. The van der Waals surface area contributed by atoms with Gasteiger partial charge in [-0.1, -0.05) is 0 Å². The summed E-state index contributed by atoms with van der Waals surface area (Å²) in [6.07, 6.45) is 1.37. The fraction of sp³-hybridized carbons (Fsp3) is 0.600. The van der Waals surface area contributed by atoms with Crippen molar-refractivity contribution in [2.24, 2.45) is 0 Å². The molecule has 0 radical (unpaired) electrons. The van der Waals surface area contributed by atoms with Gasteiger partial charge in [0.2, 0.25) is 0 Å². The molecule has 1 aromatic rings. The van der Waals surface area contributed by atoms with Gasteiger partial charge in [0, 0.05) is 11.4 Å². The Hall–Kier alpha value is -0.380. The summed E-state index contributed by atoms with van der Waals surface area (Å²) >= 11 is 1.84. The molecule has 3 heteroatoms. The van der Waals surface area contributed by atoms with Crippen LogP contribution >= 0.6 is 11.3 Å². The van der Waals surface area contributed by atoms with Crippen LogP contribution in [0.15, 0.2) is 5.38 Å². The molecule has 13 heavy (non-hydrogen) atoms. The SMILES string of the molecule is CNC[C@@H]1OCCc2c(C)csc21. The third-order valence-corrected chi connectivity index (χ3v) is 3.72. The number of likely N-dealkylation sites (N-methyl/N-ethyl adjacent to an activating group) is 1. The van der Waals surface area contributed by atoms with E-state index in [9.17, 15) is 0 Å². The van der Waals surface area contributed by atoms with Gasteiger partial charge in [-0.05, 0) is 36.9 Å². The molecular formula is C10H15NOS. The van der Waals surface area contributed by atoms with Gasteiger partial charge in [-0.15, -0.1) is 11.3 Å². The van der Waals surface area contributed by atoms with E-state index in [1.54, 1.807) is 0 Å². The lowest BCUT2D eigenvalue weighted by Crippen LogP contribution is -2.24. The van der Waals surface area contributed by atoms with Crippen molar-refractivity contribution in [3.8, 4) is 0 Å². The summed E-state index contributed by atoms with van der Waals surface area (Å²) in [4.78, 5) is 1.43. The maximum Gasteiger partial charge on any atom is 0.104 e. The van der Waals surface area contributed by atoms with Gasteiger partial charge in [-0.25, -0.2) is 0 Å². The Bertz CT molecular complexity index is 295. The molecule has 1 atom stereocenters. The second kappa shape index (κ2) is 3.78. The molecule has 1 aromatic heterocycles. The van der Waals surface area contributed by atoms with Crippen LogP contribution in [0.2, 0.25) is 0 Å². The highest BCUT2D eigenvalue weighted by Crippen LogP contribution is 2.33. The van der Waals surface area contributed by atoms with Gasteiger partial charge in [-0.2, -0.15) is 0 Å². The van der Waals surface area contributed by atoms with Gasteiger partial charge in [0.25, 0.3) is 0 Å². The average molecular weight is 197 g/mol. The number of ether oxygens (including phenoxy) is 1. The maximum absolute atomic E-state index is 5.71. The van der Waals surface area contributed by atoms with Gasteiger partial charge in [0.05, 0.1) is 6.61 Å². The Morgan fingerprint density at radius 1 is 1.69 bits per heavy atom. The standard InChI is InChI=1S/C10H15NOS/c1-7-6-13-10-8(7)3-4-12-9(10)5-11-2/h6,9,11H,3-5H2,1-2H3/t9-/m0/s1. The second-order valence-electron chi connectivity index (χ2n) is 3.43. The fourth-order valence-corrected chi connectivity index (χ4v) is 2.95. The molecule has 2 heterocycles. The van der Waals surface area contributed by atoms with Crippen molar-refractivity contribution in [2.75, 3.05) is 20.2 Å². The molecule has 0 saturated carbocycles. The van der Waals surface area contributed by atoms with Gasteiger partial charge < -0.3 is 10.1 Å². The van der Waals surface area contributed by atoms with Crippen LogP contribution in [-0.2, 0) is 11.2 Å². The minimum Gasteiger partial charge on any atom is -0.371 e. The molecule has 0 aliphatic carbocycles. The van der Waals surface area contributed by atoms with Crippen molar-refractivity contribution in [2.45, 2.75) is 19.4 Å². The number of nitrogens with one attached hydrogen (secondary N) is 1. The summed E-state index contributed by atoms with van der Waals surface area (Å²) in [5.41, 5.74) is 2.96. The molecular weight excluding hydrogens is 182 g/mol. The lowest BCUT2D eigenvalue weighted by molar-refractivity contribution is 0.0467. The maximum atomic E-state index is 5.71. The van der Waals surface area contributed by atoms with Crippen LogP contribution in [0, 0.1) is 6.92 Å². The number of fused-ring (bicyclic) bond motifs is 1. The molecule has 0 fully saturated rings. The predicted octanol–water partition coefficient (Wildman–Crippen LogP) is 1.89. The van der Waals surface area contributed by atoms with E-state index < -0.39 is 0 Å². The summed E-state index contributed by atoms with van der Waals surface area (Å²) in [5.74, 6) is 0. The first-order valence-electron chi connectivity index (χ1n) is 4.66. The molecule has 1 aliphatic heterocycles. The predicted molar refractivity (Wildman–Crippen MR) is 55.4 cm³/mol. The van der Waals surface area contributed by atoms with Crippen LogP contribution in [0.3, 0.4) is 0 Å². The van der Waals surface area contributed by atoms with E-state index in [-0.39, 0.29) is 6.10 Å². The van der Waals surface area contributed by atoms with Crippen LogP contribution in [0.25, 0.3) is 0 Å². The monoisotopic (exact) mass is 197 g/mol. The van der Waals surface area contributed by atoms with Gasteiger partial charge in [0.1, 0.15) is 6.10 Å². The van der Waals surface area contributed by atoms with Crippen LogP contribution in [0.4, 0.5) is 0 Å². The Balaban J connectivity index is 2.27. The number of aryl methyl sites for hydroxylation is 1. The van der Waals surface area contributed by atoms with E-state index in [1.165, 1.54) is 16.0 Å². The summed E-state index contributed by atoms with van der Waals surface area (Å²) in [5, 5.41) is 5.41. The van der Waals surface area contributed by atoms with E-state index in [4.69, 9.17) is 4.74 Å². The molecule has 0 aromatic carbocycles. The summed E-state index contributed by atoms with van der Waals surface area (Å²) in [6.45, 7) is 3.99. The third kappa shape index (κ3) is 1.64. The zero-order valence-corrected chi connectivity index (χ0v) is 8.91. The van der Waals surface area contributed by atoms with Crippen molar-refractivity contribution in [3.05, 3.63) is 21.4 Å². The largest absolute Gasteiger partial charge is 0.371 e. The van der Waals surface area contributed by atoms with E-state index in [0.29, 0.717) is 0 Å². The van der Waals surface area contributed by atoms with E-state index >= 15 is 0 Å². The second-order valence-corrected chi connectivity index (χ2v) is 4.34. The Labute approximate surface area is 82.9 Å². The van der Waals surface area contributed by atoms with Crippen LogP contribution < -0.4 is 5.32 Å². The first-order chi connectivity index (χ1) is 6.33. The number of hydrogen-bond acceptors (Lipinski definition) is 3.